The number of ether oxygens (including phenoxy) is 1. The van der Waals surface area contributed by atoms with Crippen molar-refractivity contribution in [1.29, 1.82) is 0 Å². The molecule has 3 heterocycles. The molecular formula is C21H17NO6. The molecule has 3 aromatic rings. The molecule has 1 aliphatic heterocycles. The highest BCUT2D eigenvalue weighted by atomic mass is 16.5. The van der Waals surface area contributed by atoms with E-state index in [1.54, 1.807) is 48.5 Å². The molecule has 0 bridgehead atoms. The predicted molar refractivity (Wildman–Crippen MR) is 98.3 cm³/mol. The van der Waals surface area contributed by atoms with Gasteiger partial charge in [-0.25, -0.2) is 0 Å². The highest BCUT2D eigenvalue weighted by Gasteiger charge is 2.47. The second kappa shape index (κ2) is 7.11. The molecule has 7 heteroatoms. The first-order valence-electron chi connectivity index (χ1n) is 8.58. The lowest BCUT2D eigenvalue weighted by Gasteiger charge is -2.22. The van der Waals surface area contributed by atoms with Crippen LogP contribution in [0.5, 0.6) is 5.75 Å². The molecule has 0 radical (unpaired) electrons. The summed E-state index contributed by atoms with van der Waals surface area (Å²) >= 11 is 0. The van der Waals surface area contributed by atoms with E-state index < -0.39 is 17.7 Å². The number of ketones is 1. The molecule has 1 saturated heterocycles. The number of methoxy groups -OCH3 is 1. The standard InChI is InChI=1S/C21H17NO6/c1-26-14-8-6-13(7-9-14)19(23)17-18(16-5-3-11-28-16)22(21(25)20(17)24)12-15-4-2-10-27-15/h2-11,18,23H,12H2,1H3. The van der Waals surface area contributed by atoms with Gasteiger partial charge in [-0.15, -0.1) is 0 Å². The molecule has 1 atom stereocenters. The van der Waals surface area contributed by atoms with Gasteiger partial charge in [0.25, 0.3) is 11.7 Å². The van der Waals surface area contributed by atoms with Crippen molar-refractivity contribution in [2.75, 3.05) is 7.11 Å². The molecule has 142 valence electrons. The molecular weight excluding hydrogens is 362 g/mol. The number of carbonyl (C=O) groups excluding carboxylic acids is 2. The molecule has 7 nitrogen and oxygen atoms in total. The van der Waals surface area contributed by atoms with Gasteiger partial charge in [0.05, 0.1) is 31.8 Å². The molecule has 1 amide bonds. The Labute approximate surface area is 160 Å². The van der Waals surface area contributed by atoms with Gasteiger partial charge >= 0.3 is 0 Å². The third kappa shape index (κ3) is 2.96. The second-order valence-electron chi connectivity index (χ2n) is 6.25. The molecule has 1 aliphatic rings. The van der Waals surface area contributed by atoms with Crippen molar-refractivity contribution in [1.82, 2.24) is 4.90 Å². The number of hydrogen-bond acceptors (Lipinski definition) is 6. The summed E-state index contributed by atoms with van der Waals surface area (Å²) in [4.78, 5) is 26.8. The van der Waals surface area contributed by atoms with Gasteiger partial charge in [-0.2, -0.15) is 0 Å². The minimum atomic E-state index is -0.859. The van der Waals surface area contributed by atoms with Crippen molar-refractivity contribution in [3.63, 3.8) is 0 Å². The fourth-order valence-electron chi connectivity index (χ4n) is 3.26. The van der Waals surface area contributed by atoms with Crippen LogP contribution in [0, 0.1) is 0 Å². The Balaban J connectivity index is 1.81. The van der Waals surface area contributed by atoms with Gasteiger partial charge in [0, 0.05) is 5.56 Å². The quantitative estimate of drug-likeness (QED) is 0.414. The van der Waals surface area contributed by atoms with Gasteiger partial charge < -0.3 is 23.6 Å². The maximum Gasteiger partial charge on any atom is 0.296 e. The van der Waals surface area contributed by atoms with E-state index in [2.05, 4.69) is 0 Å². The molecule has 0 spiro atoms. The number of amides is 1. The smallest absolute Gasteiger partial charge is 0.296 e. The van der Waals surface area contributed by atoms with Crippen LogP contribution in [0.15, 0.2) is 75.5 Å². The Morgan fingerprint density at radius 2 is 1.79 bits per heavy atom. The summed E-state index contributed by atoms with van der Waals surface area (Å²) in [5.74, 6) is -0.278. The number of Topliss-reactive ketones (excluding diaryl/α,β-unsaturated/α-hetero) is 1. The fourth-order valence-corrected chi connectivity index (χ4v) is 3.26. The third-order valence-corrected chi connectivity index (χ3v) is 4.62. The monoisotopic (exact) mass is 379 g/mol. The first-order valence-corrected chi connectivity index (χ1v) is 8.58. The number of rotatable bonds is 5. The molecule has 1 fully saturated rings. The van der Waals surface area contributed by atoms with Gasteiger partial charge in [-0.3, -0.25) is 9.59 Å². The number of aliphatic hydroxyl groups is 1. The van der Waals surface area contributed by atoms with E-state index in [0.717, 1.165) is 0 Å². The lowest BCUT2D eigenvalue weighted by atomic mass is 9.99. The average molecular weight is 379 g/mol. The molecule has 1 N–H and O–H groups in total. The molecule has 0 aliphatic carbocycles. The molecule has 1 unspecified atom stereocenters. The summed E-state index contributed by atoms with van der Waals surface area (Å²) in [6.45, 7) is 0.0718. The van der Waals surface area contributed by atoms with Crippen LogP contribution in [0.2, 0.25) is 0 Å². The second-order valence-corrected chi connectivity index (χ2v) is 6.25. The van der Waals surface area contributed by atoms with Gasteiger partial charge in [0.15, 0.2) is 0 Å². The molecule has 28 heavy (non-hydrogen) atoms. The van der Waals surface area contributed by atoms with Crippen molar-refractivity contribution in [3.8, 4) is 5.75 Å². The van der Waals surface area contributed by atoms with E-state index in [9.17, 15) is 14.7 Å². The minimum Gasteiger partial charge on any atom is -0.507 e. The summed E-state index contributed by atoms with van der Waals surface area (Å²) in [5, 5.41) is 10.9. The number of furan rings is 2. The summed E-state index contributed by atoms with van der Waals surface area (Å²) < 4.78 is 15.9. The van der Waals surface area contributed by atoms with Crippen LogP contribution < -0.4 is 4.74 Å². The largest absolute Gasteiger partial charge is 0.507 e. The van der Waals surface area contributed by atoms with E-state index >= 15 is 0 Å². The van der Waals surface area contributed by atoms with Crippen molar-refractivity contribution in [2.45, 2.75) is 12.6 Å². The van der Waals surface area contributed by atoms with Crippen LogP contribution in [0.4, 0.5) is 0 Å². The lowest BCUT2D eigenvalue weighted by molar-refractivity contribution is -0.140. The zero-order valence-corrected chi connectivity index (χ0v) is 15.0. The lowest BCUT2D eigenvalue weighted by Crippen LogP contribution is -2.28. The van der Waals surface area contributed by atoms with E-state index in [4.69, 9.17) is 13.6 Å². The number of carbonyl (C=O) groups is 2. The Hall–Kier alpha value is -3.74. The van der Waals surface area contributed by atoms with Crippen LogP contribution in [0.25, 0.3) is 5.76 Å². The average Bonchev–Trinajstić information content (AvgIpc) is 3.46. The first-order chi connectivity index (χ1) is 13.6. The zero-order valence-electron chi connectivity index (χ0n) is 15.0. The van der Waals surface area contributed by atoms with Crippen LogP contribution in [0.3, 0.4) is 0 Å². The third-order valence-electron chi connectivity index (χ3n) is 4.62. The molecule has 4 rings (SSSR count). The predicted octanol–water partition coefficient (Wildman–Crippen LogP) is 3.50. The van der Waals surface area contributed by atoms with Gasteiger partial charge in [0.1, 0.15) is 29.1 Å². The van der Waals surface area contributed by atoms with E-state index in [-0.39, 0.29) is 17.9 Å². The van der Waals surface area contributed by atoms with Crippen LogP contribution in [-0.4, -0.2) is 28.8 Å². The van der Waals surface area contributed by atoms with E-state index in [1.807, 2.05) is 0 Å². The van der Waals surface area contributed by atoms with E-state index in [1.165, 1.54) is 24.5 Å². The van der Waals surface area contributed by atoms with Crippen molar-refractivity contribution in [3.05, 3.63) is 83.7 Å². The van der Waals surface area contributed by atoms with Gasteiger partial charge in [0.2, 0.25) is 0 Å². The number of benzene rings is 1. The SMILES string of the molecule is COc1ccc(C(O)=C2C(=O)C(=O)N(Cc3ccco3)C2c2ccco2)cc1. The number of hydrogen-bond donors (Lipinski definition) is 1. The number of likely N-dealkylation sites (tertiary alicyclic amines) is 1. The summed E-state index contributed by atoms with van der Waals surface area (Å²) in [5.41, 5.74) is 0.366. The normalized spacial score (nSPS) is 18.6. The summed E-state index contributed by atoms with van der Waals surface area (Å²) in [7, 11) is 1.53. The Kier molecular flexibility index (Phi) is 4.49. The minimum absolute atomic E-state index is 0.0309. The maximum atomic E-state index is 12.8. The maximum absolute atomic E-state index is 12.8. The molecule has 2 aromatic heterocycles. The van der Waals surface area contributed by atoms with E-state index in [0.29, 0.717) is 22.8 Å². The van der Waals surface area contributed by atoms with Crippen LogP contribution >= 0.6 is 0 Å². The van der Waals surface area contributed by atoms with Crippen molar-refractivity contribution in [2.24, 2.45) is 0 Å². The van der Waals surface area contributed by atoms with Crippen LogP contribution in [0.1, 0.15) is 23.1 Å². The first kappa shape index (κ1) is 17.7. The highest BCUT2D eigenvalue weighted by Crippen LogP contribution is 2.40. The number of aliphatic hydroxyl groups excluding tert-OH is 1. The topological polar surface area (TPSA) is 93.1 Å². The summed E-state index contributed by atoms with van der Waals surface area (Å²) in [6.07, 6.45) is 2.95. The Morgan fingerprint density at radius 3 is 2.39 bits per heavy atom. The zero-order chi connectivity index (χ0) is 19.7. The highest BCUT2D eigenvalue weighted by molar-refractivity contribution is 6.46. The van der Waals surface area contributed by atoms with Crippen molar-refractivity contribution >= 4 is 17.4 Å². The van der Waals surface area contributed by atoms with Crippen LogP contribution in [-0.2, 0) is 16.1 Å². The fraction of sp³-hybridized carbons (Fsp3) is 0.143. The van der Waals surface area contributed by atoms with Gasteiger partial charge in [-0.1, -0.05) is 0 Å². The summed E-state index contributed by atoms with van der Waals surface area (Å²) in [6, 6.07) is 12.4. The van der Waals surface area contributed by atoms with Crippen molar-refractivity contribution < 1.29 is 28.3 Å². The Bertz CT molecular complexity index is 1020. The van der Waals surface area contributed by atoms with Gasteiger partial charge in [-0.05, 0) is 48.5 Å². The molecule has 0 saturated carbocycles. The number of nitrogens with zero attached hydrogens (tertiary/aromatic N) is 1. The molecule has 1 aromatic carbocycles. The Morgan fingerprint density at radius 1 is 1.07 bits per heavy atom.